The van der Waals surface area contributed by atoms with Crippen molar-refractivity contribution in [2.75, 3.05) is 19.6 Å². The Labute approximate surface area is 95.5 Å². The first-order valence-electron chi connectivity index (χ1n) is 5.62. The first-order valence-corrected chi connectivity index (χ1v) is 5.62. The van der Waals surface area contributed by atoms with Gasteiger partial charge in [0.25, 0.3) is 0 Å². The Morgan fingerprint density at radius 1 is 1.56 bits per heavy atom. The van der Waals surface area contributed by atoms with E-state index in [-0.39, 0.29) is 11.9 Å². The Kier molecular flexibility index (Phi) is 4.88. The Balaban J connectivity index is 2.20. The van der Waals surface area contributed by atoms with Crippen molar-refractivity contribution in [2.45, 2.75) is 26.2 Å². The Morgan fingerprint density at radius 3 is 2.75 bits per heavy atom. The van der Waals surface area contributed by atoms with Gasteiger partial charge in [-0.05, 0) is 18.8 Å². The number of urea groups is 1. The van der Waals surface area contributed by atoms with Crippen molar-refractivity contribution in [2.24, 2.45) is 16.8 Å². The molecule has 0 aromatic heterocycles. The third-order valence-electron chi connectivity index (χ3n) is 2.86. The lowest BCUT2D eigenvalue weighted by Crippen LogP contribution is -2.44. The highest BCUT2D eigenvalue weighted by Gasteiger charge is 2.19. The first-order chi connectivity index (χ1) is 7.63. The topological polar surface area (TPSA) is 91.0 Å². The van der Waals surface area contributed by atoms with Gasteiger partial charge in [-0.3, -0.25) is 0 Å². The number of rotatable bonds is 3. The minimum absolute atomic E-state index is 0.0577. The number of hydrogen-bond acceptors (Lipinski definition) is 3. The predicted octanol–water partition coefficient (Wildman–Crippen LogP) is 0.564. The Morgan fingerprint density at radius 2 is 2.19 bits per heavy atom. The second-order valence-corrected chi connectivity index (χ2v) is 4.24. The molecule has 0 spiro atoms. The minimum atomic E-state index is -0.0577. The molecule has 1 rings (SSSR count). The minimum Gasteiger partial charge on any atom is -0.409 e. The molecule has 92 valence electrons. The highest BCUT2D eigenvalue weighted by atomic mass is 16.4. The second-order valence-electron chi connectivity index (χ2n) is 4.24. The molecular weight excluding hydrogens is 208 g/mol. The van der Waals surface area contributed by atoms with Crippen LogP contribution < -0.4 is 11.1 Å². The molecule has 0 radical (unpaired) electrons. The summed E-state index contributed by atoms with van der Waals surface area (Å²) >= 11 is 0. The summed E-state index contributed by atoms with van der Waals surface area (Å²) in [5.74, 6) is 0.841. The first kappa shape index (κ1) is 12.6. The van der Waals surface area contributed by atoms with Gasteiger partial charge in [-0.25, -0.2) is 4.79 Å². The van der Waals surface area contributed by atoms with Gasteiger partial charge >= 0.3 is 6.03 Å². The van der Waals surface area contributed by atoms with E-state index in [1.807, 2.05) is 4.90 Å². The molecule has 6 nitrogen and oxygen atoms in total. The van der Waals surface area contributed by atoms with E-state index >= 15 is 0 Å². The van der Waals surface area contributed by atoms with Crippen LogP contribution in [0.1, 0.15) is 26.2 Å². The fraction of sp³-hybridized carbons (Fsp3) is 0.800. The molecule has 1 fully saturated rings. The summed E-state index contributed by atoms with van der Waals surface area (Å²) in [5, 5.41) is 13.9. The monoisotopic (exact) mass is 228 g/mol. The van der Waals surface area contributed by atoms with Gasteiger partial charge in [0.05, 0.1) is 0 Å². The van der Waals surface area contributed by atoms with Crippen LogP contribution in [0.5, 0.6) is 0 Å². The summed E-state index contributed by atoms with van der Waals surface area (Å²) in [6.07, 6.45) is 2.49. The molecule has 0 aromatic carbocycles. The van der Waals surface area contributed by atoms with Gasteiger partial charge in [0.1, 0.15) is 5.84 Å². The lowest BCUT2D eigenvalue weighted by Gasteiger charge is -2.30. The van der Waals surface area contributed by atoms with Crippen LogP contribution in [0.2, 0.25) is 0 Å². The molecule has 0 saturated carbocycles. The van der Waals surface area contributed by atoms with Gasteiger partial charge < -0.3 is 21.2 Å². The number of piperidine rings is 1. The maximum absolute atomic E-state index is 11.6. The summed E-state index contributed by atoms with van der Waals surface area (Å²) in [4.78, 5) is 13.5. The third kappa shape index (κ3) is 3.96. The average molecular weight is 228 g/mol. The molecule has 4 N–H and O–H groups in total. The zero-order chi connectivity index (χ0) is 12.0. The van der Waals surface area contributed by atoms with Crippen LogP contribution in [0.25, 0.3) is 0 Å². The van der Waals surface area contributed by atoms with Gasteiger partial charge in [-0.15, -0.1) is 0 Å². The van der Waals surface area contributed by atoms with E-state index in [0.717, 1.165) is 25.9 Å². The van der Waals surface area contributed by atoms with Crippen LogP contribution in [-0.4, -0.2) is 41.6 Å². The number of amidine groups is 1. The maximum Gasteiger partial charge on any atom is 0.317 e. The van der Waals surface area contributed by atoms with Crippen LogP contribution in [0.4, 0.5) is 4.79 Å². The van der Waals surface area contributed by atoms with E-state index in [2.05, 4.69) is 17.4 Å². The van der Waals surface area contributed by atoms with Crippen molar-refractivity contribution >= 4 is 11.9 Å². The second kappa shape index (κ2) is 6.19. The van der Waals surface area contributed by atoms with E-state index < -0.39 is 0 Å². The lowest BCUT2D eigenvalue weighted by atomic mass is 10.00. The predicted molar refractivity (Wildman–Crippen MR) is 61.4 cm³/mol. The third-order valence-corrected chi connectivity index (χ3v) is 2.86. The lowest BCUT2D eigenvalue weighted by molar-refractivity contribution is 0.174. The van der Waals surface area contributed by atoms with Crippen molar-refractivity contribution in [3.05, 3.63) is 0 Å². The molecule has 0 aromatic rings. The quantitative estimate of drug-likeness (QED) is 0.285. The molecule has 2 amide bonds. The normalized spacial score (nSPS) is 18.6. The molecule has 0 atom stereocenters. The van der Waals surface area contributed by atoms with E-state index in [1.165, 1.54) is 0 Å². The highest BCUT2D eigenvalue weighted by Crippen LogP contribution is 2.15. The number of amides is 2. The van der Waals surface area contributed by atoms with Gasteiger partial charge in [-0.1, -0.05) is 12.1 Å². The fourth-order valence-electron chi connectivity index (χ4n) is 1.67. The molecule has 1 aliphatic heterocycles. The summed E-state index contributed by atoms with van der Waals surface area (Å²) < 4.78 is 0. The zero-order valence-electron chi connectivity index (χ0n) is 9.65. The smallest absolute Gasteiger partial charge is 0.317 e. The maximum atomic E-state index is 11.6. The van der Waals surface area contributed by atoms with Crippen molar-refractivity contribution in [3.8, 4) is 0 Å². The molecule has 1 aliphatic rings. The number of nitrogens with two attached hydrogens (primary N) is 1. The van der Waals surface area contributed by atoms with E-state index in [9.17, 15) is 4.79 Å². The van der Waals surface area contributed by atoms with Crippen LogP contribution in [0.3, 0.4) is 0 Å². The number of carbonyl (C=O) groups excluding carboxylic acids is 1. The van der Waals surface area contributed by atoms with Crippen LogP contribution in [0.15, 0.2) is 5.16 Å². The van der Waals surface area contributed by atoms with Gasteiger partial charge in [0, 0.05) is 26.1 Å². The standard InChI is InChI=1S/C10H20N4O2/c1-8-3-6-14(7-4-8)10(15)12-5-2-9(11)13-16/h8,16H,2-7H2,1H3,(H2,11,13)(H,12,15). The molecule has 6 heteroatoms. The number of nitrogens with one attached hydrogen (secondary N) is 1. The Hall–Kier alpha value is -1.46. The number of oxime groups is 1. The zero-order valence-corrected chi connectivity index (χ0v) is 9.65. The SMILES string of the molecule is CC1CCN(C(=O)NCCC(N)=NO)CC1. The van der Waals surface area contributed by atoms with Crippen molar-refractivity contribution in [1.29, 1.82) is 0 Å². The fourth-order valence-corrected chi connectivity index (χ4v) is 1.67. The van der Waals surface area contributed by atoms with E-state index in [4.69, 9.17) is 10.9 Å². The van der Waals surface area contributed by atoms with Gasteiger partial charge in [-0.2, -0.15) is 0 Å². The number of likely N-dealkylation sites (tertiary alicyclic amines) is 1. The largest absolute Gasteiger partial charge is 0.409 e. The van der Waals surface area contributed by atoms with Crippen molar-refractivity contribution in [3.63, 3.8) is 0 Å². The number of nitrogens with zero attached hydrogens (tertiary/aromatic N) is 2. The highest BCUT2D eigenvalue weighted by molar-refractivity contribution is 5.80. The molecule has 0 aliphatic carbocycles. The van der Waals surface area contributed by atoms with Crippen LogP contribution in [-0.2, 0) is 0 Å². The molecule has 1 saturated heterocycles. The Bertz CT molecular complexity index is 260. The molecular formula is C10H20N4O2. The van der Waals surface area contributed by atoms with Crippen molar-refractivity contribution < 1.29 is 10.0 Å². The summed E-state index contributed by atoms with van der Waals surface area (Å²) in [6, 6.07) is -0.0577. The molecule has 16 heavy (non-hydrogen) atoms. The molecule has 1 heterocycles. The average Bonchev–Trinajstić information content (AvgIpc) is 2.29. The van der Waals surface area contributed by atoms with Gasteiger partial charge in [0.2, 0.25) is 0 Å². The van der Waals surface area contributed by atoms with Crippen LogP contribution in [0, 0.1) is 5.92 Å². The summed E-state index contributed by atoms with van der Waals surface area (Å²) in [5.41, 5.74) is 5.29. The van der Waals surface area contributed by atoms with Crippen molar-refractivity contribution in [1.82, 2.24) is 10.2 Å². The van der Waals surface area contributed by atoms with Crippen LogP contribution >= 0.6 is 0 Å². The number of hydrogen-bond donors (Lipinski definition) is 3. The number of carbonyl (C=O) groups is 1. The summed E-state index contributed by atoms with van der Waals surface area (Å²) in [6.45, 7) is 4.24. The van der Waals surface area contributed by atoms with E-state index in [1.54, 1.807) is 0 Å². The van der Waals surface area contributed by atoms with E-state index in [0.29, 0.717) is 18.9 Å². The van der Waals surface area contributed by atoms with Gasteiger partial charge in [0.15, 0.2) is 0 Å². The molecule has 0 unspecified atom stereocenters. The molecule has 0 bridgehead atoms. The summed E-state index contributed by atoms with van der Waals surface area (Å²) in [7, 11) is 0.